The lowest BCUT2D eigenvalue weighted by molar-refractivity contribution is 1.06. The molecule has 0 unspecified atom stereocenters. The molecule has 0 N–H and O–H groups in total. The highest BCUT2D eigenvalue weighted by atomic mass is 79.9. The molecule has 2 heteroatoms. The van der Waals surface area contributed by atoms with E-state index in [9.17, 15) is 0 Å². The van der Waals surface area contributed by atoms with Crippen molar-refractivity contribution in [1.29, 1.82) is 0 Å². The van der Waals surface area contributed by atoms with Gasteiger partial charge in [-0.25, -0.2) is 0 Å². The fraction of sp³-hybridized carbons (Fsp3) is 0.294. The molecule has 0 bridgehead atoms. The summed E-state index contributed by atoms with van der Waals surface area (Å²) in [7, 11) is 0. The van der Waals surface area contributed by atoms with E-state index in [0.717, 1.165) is 15.8 Å². The molecule has 0 spiro atoms. The smallest absolute Gasteiger partial charge is 0.0346 e. The van der Waals surface area contributed by atoms with E-state index in [1.54, 1.807) is 0 Å². The molecule has 0 radical (unpaired) electrons. The second kappa shape index (κ2) is 5.72. The molecule has 0 heterocycles. The van der Waals surface area contributed by atoms with Crippen LogP contribution in [0.1, 0.15) is 29.2 Å². The summed E-state index contributed by atoms with van der Waals surface area (Å²) in [6, 6.07) is 8.76. The summed E-state index contributed by atoms with van der Waals surface area (Å²) in [6.45, 7) is 8.65. The van der Waals surface area contributed by atoms with E-state index in [0.29, 0.717) is 0 Å². The van der Waals surface area contributed by atoms with Gasteiger partial charge in [0.25, 0.3) is 0 Å². The van der Waals surface area contributed by atoms with Crippen LogP contribution in [0.3, 0.4) is 0 Å². The lowest BCUT2D eigenvalue weighted by Crippen LogP contribution is -1.99. The van der Waals surface area contributed by atoms with Crippen LogP contribution in [0, 0.1) is 20.8 Å². The highest BCUT2D eigenvalue weighted by molar-refractivity contribution is 9.10. The summed E-state index contributed by atoms with van der Waals surface area (Å²) < 4.78 is 1.11. The molecule has 19 heavy (non-hydrogen) atoms. The van der Waals surface area contributed by atoms with Crippen LogP contribution in [0.5, 0.6) is 0 Å². The van der Waals surface area contributed by atoms with Gasteiger partial charge in [-0.15, -0.1) is 12.6 Å². The number of rotatable bonds is 2. The largest absolute Gasteiger partial charge is 0.142 e. The molecule has 0 saturated carbocycles. The molecular formula is C17H19BrS. The van der Waals surface area contributed by atoms with Crippen molar-refractivity contribution in [2.75, 3.05) is 0 Å². The Balaban J connectivity index is 2.78. The molecule has 0 amide bonds. The van der Waals surface area contributed by atoms with Crippen LogP contribution in [-0.4, -0.2) is 0 Å². The number of hydrogen-bond donors (Lipinski definition) is 1. The molecule has 2 aromatic carbocycles. The monoisotopic (exact) mass is 334 g/mol. The van der Waals surface area contributed by atoms with Gasteiger partial charge in [0.1, 0.15) is 0 Å². The van der Waals surface area contributed by atoms with Gasteiger partial charge in [-0.3, -0.25) is 0 Å². The summed E-state index contributed by atoms with van der Waals surface area (Å²) in [5, 5.41) is 0. The van der Waals surface area contributed by atoms with Crippen LogP contribution >= 0.6 is 28.6 Å². The van der Waals surface area contributed by atoms with Gasteiger partial charge in [-0.2, -0.15) is 0 Å². The average Bonchev–Trinajstić information content (AvgIpc) is 2.41. The van der Waals surface area contributed by atoms with E-state index < -0.39 is 0 Å². The minimum absolute atomic E-state index is 1.02. The lowest BCUT2D eigenvalue weighted by Gasteiger charge is -2.19. The van der Waals surface area contributed by atoms with Crippen LogP contribution in [0.4, 0.5) is 0 Å². The van der Waals surface area contributed by atoms with Gasteiger partial charge in [0, 0.05) is 9.37 Å². The Kier molecular flexibility index (Phi) is 4.42. The topological polar surface area (TPSA) is 0 Å². The van der Waals surface area contributed by atoms with E-state index in [-0.39, 0.29) is 0 Å². The van der Waals surface area contributed by atoms with Gasteiger partial charge < -0.3 is 0 Å². The van der Waals surface area contributed by atoms with Crippen molar-refractivity contribution < 1.29 is 0 Å². The fourth-order valence-corrected chi connectivity index (χ4v) is 3.36. The lowest BCUT2D eigenvalue weighted by atomic mass is 9.90. The molecular weight excluding hydrogens is 316 g/mol. The normalized spacial score (nSPS) is 10.8. The van der Waals surface area contributed by atoms with Gasteiger partial charge >= 0.3 is 0 Å². The standard InChI is InChI=1S/C17H19BrS/c1-5-14-11(3)17(19)16(18)12(4)15(14)13-8-6-10(2)7-9-13/h6-9,19H,5H2,1-4H3. The van der Waals surface area contributed by atoms with Gasteiger partial charge in [0.05, 0.1) is 0 Å². The first-order valence-corrected chi connectivity index (χ1v) is 7.78. The number of benzene rings is 2. The first-order valence-electron chi connectivity index (χ1n) is 6.54. The predicted octanol–water partition coefficient (Wildman–Crippen LogP) is 5.89. The van der Waals surface area contributed by atoms with Crippen molar-refractivity contribution >= 4 is 28.6 Å². The van der Waals surface area contributed by atoms with E-state index in [4.69, 9.17) is 0 Å². The Hall–Kier alpha value is -0.730. The van der Waals surface area contributed by atoms with Crippen molar-refractivity contribution in [2.24, 2.45) is 0 Å². The molecule has 0 aliphatic rings. The van der Waals surface area contributed by atoms with E-state index >= 15 is 0 Å². The first kappa shape index (κ1) is 14.7. The average molecular weight is 335 g/mol. The quantitative estimate of drug-likeness (QED) is 0.650. The number of hydrogen-bond acceptors (Lipinski definition) is 1. The molecule has 0 nitrogen and oxygen atoms in total. The molecule has 2 aromatic rings. The second-order valence-corrected chi connectivity index (χ2v) is 6.23. The zero-order chi connectivity index (χ0) is 14.2. The summed E-state index contributed by atoms with van der Waals surface area (Å²) in [5.74, 6) is 0. The molecule has 0 aliphatic heterocycles. The summed E-state index contributed by atoms with van der Waals surface area (Å²) in [6.07, 6.45) is 1.02. The Labute approximate surface area is 129 Å². The third kappa shape index (κ3) is 2.61. The highest BCUT2D eigenvalue weighted by Gasteiger charge is 2.16. The van der Waals surface area contributed by atoms with Crippen molar-refractivity contribution in [3.8, 4) is 11.1 Å². The minimum atomic E-state index is 1.02. The number of aryl methyl sites for hydroxylation is 1. The molecule has 100 valence electrons. The van der Waals surface area contributed by atoms with Crippen LogP contribution in [0.25, 0.3) is 11.1 Å². The van der Waals surface area contributed by atoms with Crippen molar-refractivity contribution in [3.63, 3.8) is 0 Å². The molecule has 0 aliphatic carbocycles. The molecule has 0 aromatic heterocycles. The number of halogens is 1. The van der Waals surface area contributed by atoms with E-state index in [1.807, 2.05) is 0 Å². The maximum absolute atomic E-state index is 4.63. The van der Waals surface area contributed by atoms with Crippen LogP contribution in [0.15, 0.2) is 33.6 Å². The zero-order valence-electron chi connectivity index (χ0n) is 11.8. The van der Waals surface area contributed by atoms with Gasteiger partial charge in [-0.05, 0) is 70.9 Å². The SMILES string of the molecule is CCc1c(C)c(S)c(Br)c(C)c1-c1ccc(C)cc1. The zero-order valence-corrected chi connectivity index (χ0v) is 14.3. The van der Waals surface area contributed by atoms with Crippen molar-refractivity contribution in [2.45, 2.75) is 39.0 Å². The summed E-state index contributed by atoms with van der Waals surface area (Å²) >= 11 is 8.31. The molecule has 2 rings (SSSR count). The summed E-state index contributed by atoms with van der Waals surface area (Å²) in [5.41, 5.74) is 7.88. The van der Waals surface area contributed by atoms with Crippen LogP contribution in [-0.2, 0) is 6.42 Å². The van der Waals surface area contributed by atoms with Crippen LogP contribution in [0.2, 0.25) is 0 Å². The van der Waals surface area contributed by atoms with Gasteiger partial charge in [-0.1, -0.05) is 36.8 Å². The predicted molar refractivity (Wildman–Crippen MR) is 90.4 cm³/mol. The molecule has 0 atom stereocenters. The highest BCUT2D eigenvalue weighted by Crippen LogP contribution is 2.39. The second-order valence-electron chi connectivity index (χ2n) is 4.99. The van der Waals surface area contributed by atoms with Gasteiger partial charge in [0.2, 0.25) is 0 Å². The van der Waals surface area contributed by atoms with Gasteiger partial charge in [0.15, 0.2) is 0 Å². The van der Waals surface area contributed by atoms with E-state index in [1.165, 1.54) is 33.4 Å². The Morgan fingerprint density at radius 3 is 2.11 bits per heavy atom. The summed E-state index contributed by atoms with van der Waals surface area (Å²) in [4.78, 5) is 1.06. The minimum Gasteiger partial charge on any atom is -0.142 e. The van der Waals surface area contributed by atoms with Crippen molar-refractivity contribution in [3.05, 3.63) is 51.0 Å². The molecule has 0 fully saturated rings. The Bertz CT molecular complexity index is 612. The maximum atomic E-state index is 4.63. The Morgan fingerprint density at radius 2 is 1.58 bits per heavy atom. The third-order valence-electron chi connectivity index (χ3n) is 3.72. The van der Waals surface area contributed by atoms with Crippen LogP contribution < -0.4 is 0 Å². The fourth-order valence-electron chi connectivity index (χ4n) is 2.56. The number of thiol groups is 1. The van der Waals surface area contributed by atoms with Crippen molar-refractivity contribution in [1.82, 2.24) is 0 Å². The maximum Gasteiger partial charge on any atom is 0.0346 e. The molecule has 0 saturated heterocycles. The Morgan fingerprint density at radius 1 is 1.00 bits per heavy atom. The third-order valence-corrected chi connectivity index (χ3v) is 5.57. The van der Waals surface area contributed by atoms with E-state index in [2.05, 4.69) is 80.5 Å². The first-order chi connectivity index (χ1) is 8.97.